The minimum Gasteiger partial charge on any atom is -0.377 e. The van der Waals surface area contributed by atoms with Gasteiger partial charge in [0.2, 0.25) is 0 Å². The van der Waals surface area contributed by atoms with Gasteiger partial charge in [-0.25, -0.2) is 14.6 Å². The Hall–Kier alpha value is -3.59. The van der Waals surface area contributed by atoms with E-state index in [0.29, 0.717) is 18.9 Å². The Morgan fingerprint density at radius 3 is 2.80 bits per heavy atom. The van der Waals surface area contributed by atoms with Crippen LogP contribution >= 0.6 is 0 Å². The van der Waals surface area contributed by atoms with Gasteiger partial charge in [0.15, 0.2) is 5.82 Å². The Morgan fingerprint density at radius 1 is 1.13 bits per heavy atom. The number of hydrogen-bond acceptors (Lipinski definition) is 7. The van der Waals surface area contributed by atoms with Crippen molar-refractivity contribution < 1.29 is 4.74 Å². The number of ether oxygens (including phenoxy) is 1. The van der Waals surface area contributed by atoms with Crippen molar-refractivity contribution in [3.8, 4) is 11.3 Å². The zero-order valence-corrected chi connectivity index (χ0v) is 16.7. The Morgan fingerprint density at radius 2 is 1.97 bits per heavy atom. The molecule has 9 nitrogen and oxygen atoms in total. The number of rotatable bonds is 4. The maximum atomic E-state index is 12.6. The van der Waals surface area contributed by atoms with Gasteiger partial charge in [0, 0.05) is 36.8 Å². The number of nitrogens with one attached hydrogen (secondary N) is 1. The molecule has 4 aromatic rings. The van der Waals surface area contributed by atoms with E-state index in [4.69, 9.17) is 4.74 Å². The average Bonchev–Trinajstić information content (AvgIpc) is 3.33. The highest BCUT2D eigenvalue weighted by atomic mass is 16.5. The van der Waals surface area contributed by atoms with Crippen molar-refractivity contribution in [1.29, 1.82) is 0 Å². The summed E-state index contributed by atoms with van der Waals surface area (Å²) < 4.78 is 9.28. The minimum atomic E-state index is -0.259. The van der Waals surface area contributed by atoms with Crippen molar-refractivity contribution in [2.24, 2.45) is 7.05 Å². The SMILES string of the molecule is Cc1cc2ncnc(NC3COCC3n3nc(-c4ccncc4)ccc3=O)c2n1C. The van der Waals surface area contributed by atoms with E-state index in [2.05, 4.69) is 29.9 Å². The van der Waals surface area contributed by atoms with Gasteiger partial charge in [-0.15, -0.1) is 0 Å². The third-order valence-electron chi connectivity index (χ3n) is 5.55. The summed E-state index contributed by atoms with van der Waals surface area (Å²) in [4.78, 5) is 25.5. The highest BCUT2D eigenvalue weighted by Crippen LogP contribution is 2.27. The summed E-state index contributed by atoms with van der Waals surface area (Å²) >= 11 is 0. The molecule has 152 valence electrons. The van der Waals surface area contributed by atoms with E-state index in [1.165, 1.54) is 4.68 Å². The maximum absolute atomic E-state index is 12.6. The summed E-state index contributed by atoms with van der Waals surface area (Å²) in [5.41, 5.74) is 4.34. The lowest BCUT2D eigenvalue weighted by Gasteiger charge is -2.21. The highest BCUT2D eigenvalue weighted by molar-refractivity contribution is 5.87. The van der Waals surface area contributed by atoms with Crippen LogP contribution in [0.15, 0.2) is 53.8 Å². The normalized spacial score (nSPS) is 18.7. The van der Waals surface area contributed by atoms with Crippen LogP contribution in [-0.4, -0.2) is 48.6 Å². The first kappa shape index (κ1) is 18.4. The minimum absolute atomic E-state index is 0.156. The number of aromatic nitrogens is 6. The number of anilines is 1. The molecule has 9 heteroatoms. The lowest BCUT2D eigenvalue weighted by molar-refractivity contribution is 0.183. The van der Waals surface area contributed by atoms with Gasteiger partial charge in [0.25, 0.3) is 5.56 Å². The first-order valence-electron chi connectivity index (χ1n) is 9.73. The van der Waals surface area contributed by atoms with Crippen LogP contribution < -0.4 is 10.9 Å². The fraction of sp³-hybridized carbons (Fsp3) is 0.286. The predicted molar refractivity (Wildman–Crippen MR) is 112 cm³/mol. The van der Waals surface area contributed by atoms with Crippen molar-refractivity contribution in [1.82, 2.24) is 29.3 Å². The van der Waals surface area contributed by atoms with Gasteiger partial charge >= 0.3 is 0 Å². The average molecular weight is 403 g/mol. The molecular formula is C21H21N7O2. The molecule has 0 spiro atoms. The second-order valence-electron chi connectivity index (χ2n) is 7.39. The largest absolute Gasteiger partial charge is 0.377 e. The number of aryl methyl sites for hydroxylation is 2. The molecule has 1 fully saturated rings. The summed E-state index contributed by atoms with van der Waals surface area (Å²) in [7, 11) is 1.99. The van der Waals surface area contributed by atoms with Gasteiger partial charge in [-0.05, 0) is 31.2 Å². The molecule has 1 aliphatic heterocycles. The standard InChI is InChI=1S/C21H21N7O2/c1-13-9-16-20(27(13)2)21(24-12-23-16)25-17-10-30-11-18(17)28-19(29)4-3-15(26-28)14-5-7-22-8-6-14/h3-9,12,17-18H,10-11H2,1-2H3,(H,23,24,25). The molecule has 0 bridgehead atoms. The zero-order chi connectivity index (χ0) is 20.7. The molecule has 5 rings (SSSR count). The van der Waals surface area contributed by atoms with Crippen molar-refractivity contribution in [3.63, 3.8) is 0 Å². The van der Waals surface area contributed by atoms with Crippen LogP contribution in [0.5, 0.6) is 0 Å². The van der Waals surface area contributed by atoms with Crippen LogP contribution in [0, 0.1) is 6.92 Å². The highest BCUT2D eigenvalue weighted by Gasteiger charge is 2.32. The maximum Gasteiger partial charge on any atom is 0.267 e. The number of fused-ring (bicyclic) bond motifs is 1. The second-order valence-corrected chi connectivity index (χ2v) is 7.39. The van der Waals surface area contributed by atoms with E-state index in [1.54, 1.807) is 30.9 Å². The Kier molecular flexibility index (Phi) is 4.51. The molecule has 4 aromatic heterocycles. The van der Waals surface area contributed by atoms with E-state index < -0.39 is 0 Å². The monoisotopic (exact) mass is 403 g/mol. The molecule has 0 aliphatic carbocycles. The zero-order valence-electron chi connectivity index (χ0n) is 16.7. The van der Waals surface area contributed by atoms with Crippen molar-refractivity contribution in [2.75, 3.05) is 18.5 Å². The summed E-state index contributed by atoms with van der Waals surface area (Å²) in [6.45, 7) is 2.87. The molecule has 1 N–H and O–H groups in total. The van der Waals surface area contributed by atoms with Gasteiger partial charge in [-0.1, -0.05) is 0 Å². The number of nitrogens with zero attached hydrogens (tertiary/aromatic N) is 6. The molecule has 30 heavy (non-hydrogen) atoms. The topological polar surface area (TPSA) is 99.8 Å². The third-order valence-corrected chi connectivity index (χ3v) is 5.55. The summed E-state index contributed by atoms with van der Waals surface area (Å²) in [6.07, 6.45) is 4.96. The molecule has 1 aliphatic rings. The molecule has 0 amide bonds. The van der Waals surface area contributed by atoms with Gasteiger partial charge in [0.05, 0.1) is 30.5 Å². The van der Waals surface area contributed by atoms with Crippen molar-refractivity contribution in [2.45, 2.75) is 19.0 Å². The molecule has 0 aromatic carbocycles. The summed E-state index contributed by atoms with van der Waals surface area (Å²) in [5, 5.41) is 8.09. The molecule has 0 radical (unpaired) electrons. The van der Waals surface area contributed by atoms with Gasteiger partial charge < -0.3 is 14.6 Å². The third kappa shape index (κ3) is 3.13. The molecule has 2 atom stereocenters. The van der Waals surface area contributed by atoms with Gasteiger partial charge in [0.1, 0.15) is 17.9 Å². The molecule has 1 saturated heterocycles. The molecular weight excluding hydrogens is 382 g/mol. The van der Waals surface area contributed by atoms with Crippen LogP contribution in [0.4, 0.5) is 5.82 Å². The molecule has 0 saturated carbocycles. The van der Waals surface area contributed by atoms with E-state index in [1.807, 2.05) is 32.2 Å². The van der Waals surface area contributed by atoms with E-state index in [0.717, 1.165) is 28.1 Å². The second kappa shape index (κ2) is 7.34. The number of hydrogen-bond donors (Lipinski definition) is 1. The van der Waals surface area contributed by atoms with Gasteiger partial charge in [-0.3, -0.25) is 9.78 Å². The van der Waals surface area contributed by atoms with E-state index in [-0.39, 0.29) is 17.6 Å². The fourth-order valence-electron chi connectivity index (χ4n) is 3.84. The first-order chi connectivity index (χ1) is 14.6. The first-order valence-corrected chi connectivity index (χ1v) is 9.73. The van der Waals surface area contributed by atoms with E-state index >= 15 is 0 Å². The number of pyridine rings is 1. The molecule has 5 heterocycles. The lowest BCUT2D eigenvalue weighted by Crippen LogP contribution is -2.37. The fourth-order valence-corrected chi connectivity index (χ4v) is 3.84. The Bertz CT molecular complexity index is 1270. The lowest BCUT2D eigenvalue weighted by atomic mass is 10.1. The van der Waals surface area contributed by atoms with Crippen molar-refractivity contribution >= 4 is 16.9 Å². The summed E-state index contributed by atoms with van der Waals surface area (Å²) in [5.74, 6) is 0.717. The Balaban J connectivity index is 1.50. The quantitative estimate of drug-likeness (QED) is 0.556. The van der Waals surface area contributed by atoms with Crippen LogP contribution in [0.1, 0.15) is 11.7 Å². The van der Waals surface area contributed by atoms with Crippen LogP contribution in [0.2, 0.25) is 0 Å². The van der Waals surface area contributed by atoms with Crippen LogP contribution in [0.25, 0.3) is 22.3 Å². The Labute approximate surface area is 172 Å². The predicted octanol–water partition coefficient (Wildman–Crippen LogP) is 1.95. The summed E-state index contributed by atoms with van der Waals surface area (Å²) in [6, 6.07) is 8.62. The van der Waals surface area contributed by atoms with E-state index in [9.17, 15) is 4.79 Å². The van der Waals surface area contributed by atoms with Crippen LogP contribution in [-0.2, 0) is 11.8 Å². The molecule has 2 unspecified atom stereocenters. The van der Waals surface area contributed by atoms with Gasteiger partial charge in [-0.2, -0.15) is 5.10 Å². The smallest absolute Gasteiger partial charge is 0.267 e. The van der Waals surface area contributed by atoms with Crippen molar-refractivity contribution in [3.05, 3.63) is 65.1 Å². The van der Waals surface area contributed by atoms with Crippen LogP contribution in [0.3, 0.4) is 0 Å².